The minimum atomic E-state index is 0.874. The number of hydrogen-bond donors (Lipinski definition) is 0. The zero-order valence-corrected chi connectivity index (χ0v) is 35.5. The Kier molecular flexibility index (Phi) is 8.40. The molecule has 0 bridgehead atoms. The van der Waals surface area contributed by atoms with Crippen molar-refractivity contribution in [3.05, 3.63) is 231 Å². The van der Waals surface area contributed by atoms with Crippen molar-refractivity contribution >= 4 is 92.3 Å². The van der Waals surface area contributed by atoms with Crippen LogP contribution in [0.5, 0.6) is 0 Å². The van der Waals surface area contributed by atoms with E-state index in [1.165, 1.54) is 53.2 Å². The second-order valence-corrected chi connectivity index (χ2v) is 17.5. The third kappa shape index (κ3) is 5.88. The Bertz CT molecular complexity index is 3880. The summed E-state index contributed by atoms with van der Waals surface area (Å²) in [6, 6.07) is 83.3. The zero-order valence-electron chi connectivity index (χ0n) is 34.7. The normalized spacial score (nSPS) is 11.8. The maximum atomic E-state index is 6.94. The van der Waals surface area contributed by atoms with E-state index in [4.69, 9.17) is 4.42 Å². The molecule has 0 aliphatic heterocycles. The Balaban J connectivity index is 0.995. The monoisotopic (exact) mass is 834 g/mol. The summed E-state index contributed by atoms with van der Waals surface area (Å²) >= 11 is 1.85. The number of hydrogen-bond acceptors (Lipinski definition) is 3. The predicted octanol–water partition coefficient (Wildman–Crippen LogP) is 17.5. The van der Waals surface area contributed by atoms with Crippen LogP contribution < -0.4 is 4.90 Å². The number of para-hydroxylation sites is 2. The summed E-state index contributed by atoms with van der Waals surface area (Å²) < 4.78 is 12.0. The summed E-state index contributed by atoms with van der Waals surface area (Å²) in [6.07, 6.45) is 0. The van der Waals surface area contributed by atoms with E-state index in [-0.39, 0.29) is 0 Å². The van der Waals surface area contributed by atoms with Crippen molar-refractivity contribution in [3.63, 3.8) is 0 Å². The van der Waals surface area contributed by atoms with Crippen LogP contribution in [0.3, 0.4) is 0 Å². The first-order valence-corrected chi connectivity index (χ1v) is 22.6. The van der Waals surface area contributed by atoms with Gasteiger partial charge in [0.05, 0.1) is 16.4 Å². The van der Waals surface area contributed by atoms with E-state index in [9.17, 15) is 0 Å². The molecule has 0 fully saturated rings. The van der Waals surface area contributed by atoms with Crippen molar-refractivity contribution in [1.29, 1.82) is 0 Å². The molecule has 0 amide bonds. The van der Waals surface area contributed by atoms with E-state index in [2.05, 4.69) is 240 Å². The number of furan rings is 1. The first-order valence-electron chi connectivity index (χ1n) is 21.7. The second kappa shape index (κ2) is 14.7. The number of aromatic nitrogens is 1. The van der Waals surface area contributed by atoms with Crippen LogP contribution in [0.15, 0.2) is 235 Å². The van der Waals surface area contributed by atoms with E-state index >= 15 is 0 Å². The smallest absolute Gasteiger partial charge is 0.145 e. The van der Waals surface area contributed by atoms with E-state index in [0.29, 0.717) is 0 Å². The highest BCUT2D eigenvalue weighted by Crippen LogP contribution is 2.47. The number of benzene rings is 10. The van der Waals surface area contributed by atoms with Gasteiger partial charge < -0.3 is 13.9 Å². The highest BCUT2D eigenvalue weighted by atomic mass is 32.1. The molecule has 3 heterocycles. The fraction of sp³-hybridized carbons (Fsp3) is 0. The van der Waals surface area contributed by atoms with Crippen molar-refractivity contribution in [3.8, 4) is 39.1 Å². The number of fused-ring (bicyclic) bond motifs is 10. The Morgan fingerprint density at radius 2 is 0.953 bits per heavy atom. The zero-order chi connectivity index (χ0) is 42.1. The lowest BCUT2D eigenvalue weighted by molar-refractivity contribution is 0.670. The van der Waals surface area contributed by atoms with Crippen molar-refractivity contribution < 1.29 is 4.42 Å². The molecule has 0 radical (unpaired) electrons. The minimum Gasteiger partial charge on any atom is -0.455 e. The van der Waals surface area contributed by atoms with Crippen molar-refractivity contribution in [2.75, 3.05) is 4.90 Å². The Labute approximate surface area is 373 Å². The Hall–Kier alpha value is -8.18. The predicted molar refractivity (Wildman–Crippen MR) is 272 cm³/mol. The molecule has 4 heteroatoms. The molecule has 13 aromatic rings. The molecule has 0 spiro atoms. The van der Waals surface area contributed by atoms with Crippen LogP contribution in [0.2, 0.25) is 0 Å². The van der Waals surface area contributed by atoms with Gasteiger partial charge in [0.25, 0.3) is 0 Å². The van der Waals surface area contributed by atoms with Crippen LogP contribution in [0.1, 0.15) is 0 Å². The molecule has 0 atom stereocenters. The number of rotatable bonds is 7. The summed E-state index contributed by atoms with van der Waals surface area (Å²) in [5, 5.41) is 7.17. The molecule has 3 nitrogen and oxygen atoms in total. The molecular formula is C60H38N2OS. The third-order valence-corrected chi connectivity index (χ3v) is 13.9. The quantitative estimate of drug-likeness (QED) is 0.159. The molecule has 0 saturated carbocycles. The van der Waals surface area contributed by atoms with E-state index in [1.807, 2.05) is 11.3 Å². The van der Waals surface area contributed by atoms with Crippen molar-refractivity contribution in [2.24, 2.45) is 0 Å². The fourth-order valence-electron chi connectivity index (χ4n) is 9.80. The lowest BCUT2D eigenvalue weighted by Crippen LogP contribution is -2.09. The average Bonchev–Trinajstić information content (AvgIpc) is 4.05. The van der Waals surface area contributed by atoms with E-state index in [1.54, 1.807) is 0 Å². The van der Waals surface area contributed by atoms with Gasteiger partial charge in [0, 0.05) is 64.6 Å². The second-order valence-electron chi connectivity index (χ2n) is 16.5. The van der Waals surface area contributed by atoms with Gasteiger partial charge in [-0.05, 0) is 107 Å². The molecule has 0 saturated heterocycles. The molecule has 13 rings (SSSR count). The van der Waals surface area contributed by atoms with E-state index < -0.39 is 0 Å². The van der Waals surface area contributed by atoms with Crippen LogP contribution in [0.25, 0.3) is 103 Å². The average molecular weight is 835 g/mol. The molecule has 64 heavy (non-hydrogen) atoms. The SMILES string of the molecule is c1ccc(-c2ccc(N(c3ccc(-c4cc5c6ccccc6n(-c6cccc(-c7ccccc7)c6)c5c5c4oc4ccccc45)cc3)c3ccc4sc5ccccc5c4c3)cc2)cc1. The molecule has 0 aliphatic rings. The Morgan fingerprint density at radius 1 is 0.375 bits per heavy atom. The van der Waals surface area contributed by atoms with Gasteiger partial charge in [-0.2, -0.15) is 0 Å². The highest BCUT2D eigenvalue weighted by Gasteiger charge is 2.23. The first-order chi connectivity index (χ1) is 31.7. The van der Waals surface area contributed by atoms with Gasteiger partial charge in [0.2, 0.25) is 0 Å². The minimum absolute atomic E-state index is 0.874. The van der Waals surface area contributed by atoms with Crippen molar-refractivity contribution in [1.82, 2.24) is 4.57 Å². The first kappa shape index (κ1) is 36.5. The summed E-state index contributed by atoms with van der Waals surface area (Å²) in [5.41, 5.74) is 15.4. The Morgan fingerprint density at radius 3 is 1.72 bits per heavy atom. The lowest BCUT2D eigenvalue weighted by atomic mass is 9.98. The van der Waals surface area contributed by atoms with Gasteiger partial charge in [-0.1, -0.05) is 152 Å². The maximum absolute atomic E-state index is 6.94. The summed E-state index contributed by atoms with van der Waals surface area (Å²) in [6.45, 7) is 0. The number of thiophene rings is 1. The van der Waals surface area contributed by atoms with Gasteiger partial charge in [0.1, 0.15) is 11.2 Å². The number of anilines is 3. The number of nitrogens with zero attached hydrogens (tertiary/aromatic N) is 2. The van der Waals surface area contributed by atoms with E-state index in [0.717, 1.165) is 66.8 Å². The topological polar surface area (TPSA) is 21.3 Å². The molecule has 0 N–H and O–H groups in total. The van der Waals surface area contributed by atoms with Gasteiger partial charge in [-0.15, -0.1) is 11.3 Å². The summed E-state index contributed by atoms with van der Waals surface area (Å²) in [4.78, 5) is 2.38. The van der Waals surface area contributed by atoms with Crippen molar-refractivity contribution in [2.45, 2.75) is 0 Å². The molecular weight excluding hydrogens is 797 g/mol. The molecule has 0 aliphatic carbocycles. The largest absolute Gasteiger partial charge is 0.455 e. The maximum Gasteiger partial charge on any atom is 0.145 e. The van der Waals surface area contributed by atoms with Gasteiger partial charge in [0.15, 0.2) is 0 Å². The standard InChI is InChI=1S/C60H38N2OS/c1-3-14-39(15-4-1)41-26-30-44(31-27-41)61(47-34-35-57-52(37-47)49-21-9-12-25-56(49)64-57)45-32-28-42(29-33-45)51-38-53-48-20-7-10-23-54(48)62(46-19-13-18-43(36-46)40-16-5-2-6-17-40)59(53)58-50-22-8-11-24-55(50)63-60(51)58/h1-38H. The van der Waals surface area contributed by atoms with Crippen LogP contribution in [0.4, 0.5) is 17.1 Å². The lowest BCUT2D eigenvalue weighted by Gasteiger charge is -2.26. The molecule has 10 aromatic carbocycles. The molecule has 300 valence electrons. The third-order valence-electron chi connectivity index (χ3n) is 12.8. The van der Waals surface area contributed by atoms with Crippen LogP contribution in [-0.4, -0.2) is 4.57 Å². The summed E-state index contributed by atoms with van der Waals surface area (Å²) in [7, 11) is 0. The summed E-state index contributed by atoms with van der Waals surface area (Å²) in [5.74, 6) is 0. The van der Waals surface area contributed by atoms with Gasteiger partial charge >= 0.3 is 0 Å². The molecule has 3 aromatic heterocycles. The van der Waals surface area contributed by atoms with Crippen LogP contribution in [-0.2, 0) is 0 Å². The van der Waals surface area contributed by atoms with Crippen LogP contribution >= 0.6 is 11.3 Å². The van der Waals surface area contributed by atoms with Gasteiger partial charge in [-0.3, -0.25) is 0 Å². The van der Waals surface area contributed by atoms with Crippen LogP contribution in [0, 0.1) is 0 Å². The highest BCUT2D eigenvalue weighted by molar-refractivity contribution is 7.25. The van der Waals surface area contributed by atoms with Gasteiger partial charge in [-0.25, -0.2) is 0 Å². The molecule has 0 unspecified atom stereocenters. The fourth-order valence-corrected chi connectivity index (χ4v) is 10.9.